The largest absolute Gasteiger partial charge is 0.345 e. The summed E-state index contributed by atoms with van der Waals surface area (Å²) in [7, 11) is 3.39. The number of urea groups is 1. The first-order valence-corrected chi connectivity index (χ1v) is 9.92. The SMILES string of the molecule is CC1CN(Cc2ccccc2)CCN(C(=O)Nc2cc(C(=O)N(C)C)ccn2)C1. The van der Waals surface area contributed by atoms with Crippen molar-refractivity contribution in [2.24, 2.45) is 5.92 Å². The molecule has 2 aromatic rings. The van der Waals surface area contributed by atoms with E-state index in [2.05, 4.69) is 46.4 Å². The van der Waals surface area contributed by atoms with E-state index in [0.29, 0.717) is 30.4 Å². The molecule has 1 atom stereocenters. The predicted octanol–water partition coefficient (Wildman–Crippen LogP) is 2.77. The molecule has 1 N–H and O–H groups in total. The van der Waals surface area contributed by atoms with E-state index in [1.807, 2.05) is 11.0 Å². The Kier molecular flexibility index (Phi) is 6.82. The smallest absolute Gasteiger partial charge is 0.323 e. The topological polar surface area (TPSA) is 68.8 Å². The molecule has 1 aromatic carbocycles. The van der Waals surface area contributed by atoms with E-state index in [1.54, 1.807) is 32.4 Å². The zero-order valence-electron chi connectivity index (χ0n) is 17.3. The molecule has 0 aliphatic carbocycles. The van der Waals surface area contributed by atoms with Crippen LogP contribution in [0.15, 0.2) is 48.7 Å². The number of hydrogen-bond acceptors (Lipinski definition) is 4. The van der Waals surface area contributed by atoms with Gasteiger partial charge in [0.2, 0.25) is 0 Å². The highest BCUT2D eigenvalue weighted by atomic mass is 16.2. The number of nitrogens with zero attached hydrogens (tertiary/aromatic N) is 4. The van der Waals surface area contributed by atoms with Crippen LogP contribution < -0.4 is 5.32 Å². The number of carbonyl (C=O) groups excluding carboxylic acids is 2. The lowest BCUT2D eigenvalue weighted by atomic mass is 10.1. The summed E-state index contributed by atoms with van der Waals surface area (Å²) >= 11 is 0. The minimum Gasteiger partial charge on any atom is -0.345 e. The third-order valence-electron chi connectivity index (χ3n) is 4.97. The first-order chi connectivity index (χ1) is 13.9. The first kappa shape index (κ1) is 20.8. The highest BCUT2D eigenvalue weighted by Gasteiger charge is 2.24. The predicted molar refractivity (Wildman–Crippen MR) is 114 cm³/mol. The Hall–Kier alpha value is -2.93. The average molecular weight is 396 g/mol. The summed E-state index contributed by atoms with van der Waals surface area (Å²) in [5.74, 6) is 0.630. The fourth-order valence-electron chi connectivity index (χ4n) is 3.57. The minimum atomic E-state index is -0.180. The molecule has 1 unspecified atom stereocenters. The number of anilines is 1. The van der Waals surface area contributed by atoms with Crippen molar-refractivity contribution in [1.82, 2.24) is 19.7 Å². The molecule has 3 rings (SSSR count). The summed E-state index contributed by atoms with van der Waals surface area (Å²) in [4.78, 5) is 34.8. The molecular weight excluding hydrogens is 366 g/mol. The molecule has 154 valence electrons. The van der Waals surface area contributed by atoms with Crippen molar-refractivity contribution in [2.45, 2.75) is 13.5 Å². The highest BCUT2D eigenvalue weighted by molar-refractivity contribution is 5.96. The van der Waals surface area contributed by atoms with Crippen LogP contribution in [0.3, 0.4) is 0 Å². The van der Waals surface area contributed by atoms with Gasteiger partial charge >= 0.3 is 6.03 Å². The Labute approximate surface area is 172 Å². The minimum absolute atomic E-state index is 0.122. The van der Waals surface area contributed by atoms with Crippen LogP contribution in [-0.2, 0) is 6.54 Å². The van der Waals surface area contributed by atoms with Gasteiger partial charge in [0, 0.05) is 58.6 Å². The first-order valence-electron chi connectivity index (χ1n) is 9.92. The number of aromatic nitrogens is 1. The summed E-state index contributed by atoms with van der Waals surface area (Å²) in [5.41, 5.74) is 1.78. The van der Waals surface area contributed by atoms with Crippen LogP contribution in [0.4, 0.5) is 10.6 Å². The van der Waals surface area contributed by atoms with E-state index in [4.69, 9.17) is 0 Å². The molecule has 0 radical (unpaired) electrons. The summed E-state index contributed by atoms with van der Waals surface area (Å²) < 4.78 is 0. The lowest BCUT2D eigenvalue weighted by molar-refractivity contribution is 0.0827. The van der Waals surface area contributed by atoms with Crippen molar-refractivity contribution in [3.8, 4) is 0 Å². The molecule has 1 fully saturated rings. The standard InChI is InChI=1S/C22H29N5O2/c1-17-14-26(16-18-7-5-4-6-8-18)11-12-27(15-17)22(29)24-20-13-19(9-10-23-20)21(28)25(2)3/h4-10,13,17H,11-12,14-16H2,1-3H3,(H,23,24,29). The third kappa shape index (κ3) is 5.77. The molecule has 1 saturated heterocycles. The van der Waals surface area contributed by atoms with Crippen molar-refractivity contribution in [2.75, 3.05) is 45.6 Å². The van der Waals surface area contributed by atoms with Crippen LogP contribution in [0.2, 0.25) is 0 Å². The number of rotatable bonds is 4. The van der Waals surface area contributed by atoms with E-state index in [-0.39, 0.29) is 11.9 Å². The normalized spacial score (nSPS) is 17.5. The van der Waals surface area contributed by atoms with E-state index in [9.17, 15) is 9.59 Å². The molecule has 29 heavy (non-hydrogen) atoms. The molecule has 0 bridgehead atoms. The van der Waals surface area contributed by atoms with Gasteiger partial charge in [0.25, 0.3) is 5.91 Å². The lowest BCUT2D eigenvalue weighted by Gasteiger charge is -2.22. The quantitative estimate of drug-likeness (QED) is 0.864. The second kappa shape index (κ2) is 9.52. The average Bonchev–Trinajstić information content (AvgIpc) is 2.89. The van der Waals surface area contributed by atoms with Gasteiger partial charge in [0.1, 0.15) is 5.82 Å². The summed E-state index contributed by atoms with van der Waals surface area (Å²) in [6.45, 7) is 6.16. The van der Waals surface area contributed by atoms with Gasteiger partial charge in [-0.05, 0) is 23.6 Å². The molecule has 2 heterocycles. The Morgan fingerprint density at radius 3 is 2.62 bits per heavy atom. The fourth-order valence-corrected chi connectivity index (χ4v) is 3.57. The van der Waals surface area contributed by atoms with Gasteiger partial charge in [-0.15, -0.1) is 0 Å². The van der Waals surface area contributed by atoms with Crippen LogP contribution in [0.1, 0.15) is 22.8 Å². The van der Waals surface area contributed by atoms with Gasteiger partial charge < -0.3 is 9.80 Å². The Morgan fingerprint density at radius 1 is 1.14 bits per heavy atom. The number of pyridine rings is 1. The van der Waals surface area contributed by atoms with Crippen LogP contribution in [-0.4, -0.2) is 71.9 Å². The van der Waals surface area contributed by atoms with Gasteiger partial charge in [-0.2, -0.15) is 0 Å². The number of hydrogen-bond donors (Lipinski definition) is 1. The summed E-state index contributed by atoms with van der Waals surface area (Å²) in [5, 5.41) is 2.85. The second-order valence-corrected chi connectivity index (χ2v) is 7.83. The van der Waals surface area contributed by atoms with Gasteiger partial charge in [0.15, 0.2) is 0 Å². The molecule has 7 heteroatoms. The van der Waals surface area contributed by atoms with E-state index in [0.717, 1.165) is 19.6 Å². The van der Waals surface area contributed by atoms with Crippen LogP contribution in [0, 0.1) is 5.92 Å². The molecule has 0 saturated carbocycles. The van der Waals surface area contributed by atoms with Gasteiger partial charge in [-0.1, -0.05) is 37.3 Å². The van der Waals surface area contributed by atoms with Crippen molar-refractivity contribution in [3.63, 3.8) is 0 Å². The summed E-state index contributed by atoms with van der Waals surface area (Å²) in [6, 6.07) is 13.5. The Bertz CT molecular complexity index is 840. The molecule has 7 nitrogen and oxygen atoms in total. The lowest BCUT2D eigenvalue weighted by Crippen LogP contribution is -2.39. The van der Waals surface area contributed by atoms with Crippen molar-refractivity contribution in [1.29, 1.82) is 0 Å². The number of benzene rings is 1. The second-order valence-electron chi connectivity index (χ2n) is 7.83. The molecule has 1 aromatic heterocycles. The summed E-state index contributed by atoms with van der Waals surface area (Å²) in [6.07, 6.45) is 1.54. The molecule has 0 spiro atoms. The highest BCUT2D eigenvalue weighted by Crippen LogP contribution is 2.15. The van der Waals surface area contributed by atoms with E-state index < -0.39 is 0 Å². The van der Waals surface area contributed by atoms with E-state index in [1.165, 1.54) is 10.5 Å². The fraction of sp³-hybridized carbons (Fsp3) is 0.409. The zero-order chi connectivity index (χ0) is 20.8. The Balaban J connectivity index is 1.61. The number of carbonyl (C=O) groups is 2. The van der Waals surface area contributed by atoms with Gasteiger partial charge in [0.05, 0.1) is 0 Å². The van der Waals surface area contributed by atoms with Gasteiger partial charge in [-0.25, -0.2) is 9.78 Å². The van der Waals surface area contributed by atoms with Crippen LogP contribution in [0.25, 0.3) is 0 Å². The van der Waals surface area contributed by atoms with Crippen molar-refractivity contribution < 1.29 is 9.59 Å². The molecule has 1 aliphatic rings. The van der Waals surface area contributed by atoms with Crippen LogP contribution >= 0.6 is 0 Å². The molecule has 3 amide bonds. The van der Waals surface area contributed by atoms with E-state index >= 15 is 0 Å². The number of nitrogens with one attached hydrogen (secondary N) is 1. The maximum atomic E-state index is 12.8. The third-order valence-corrected chi connectivity index (χ3v) is 4.97. The maximum Gasteiger partial charge on any atom is 0.323 e. The Morgan fingerprint density at radius 2 is 1.90 bits per heavy atom. The van der Waals surface area contributed by atoms with Gasteiger partial charge in [-0.3, -0.25) is 15.0 Å². The monoisotopic (exact) mass is 395 g/mol. The van der Waals surface area contributed by atoms with Crippen molar-refractivity contribution >= 4 is 17.8 Å². The molecular formula is C22H29N5O2. The zero-order valence-corrected chi connectivity index (χ0v) is 17.3. The maximum absolute atomic E-state index is 12.8. The van der Waals surface area contributed by atoms with Crippen LogP contribution in [0.5, 0.6) is 0 Å². The van der Waals surface area contributed by atoms with Crippen molar-refractivity contribution in [3.05, 3.63) is 59.8 Å². The number of amides is 3. The molecule has 1 aliphatic heterocycles.